The molecule has 4 nitrogen and oxygen atoms in total. The van der Waals surface area contributed by atoms with Gasteiger partial charge in [0.15, 0.2) is 0 Å². The molecule has 26 heavy (non-hydrogen) atoms. The molecule has 0 radical (unpaired) electrons. The van der Waals surface area contributed by atoms with Crippen LogP contribution in [0.1, 0.15) is 12.0 Å². The van der Waals surface area contributed by atoms with Crippen molar-refractivity contribution in [3.05, 3.63) is 58.6 Å². The predicted octanol–water partition coefficient (Wildman–Crippen LogP) is 4.06. The lowest BCUT2D eigenvalue weighted by Gasteiger charge is -2.19. The van der Waals surface area contributed by atoms with Crippen molar-refractivity contribution >= 4 is 58.0 Å². The van der Waals surface area contributed by atoms with E-state index in [9.17, 15) is 4.79 Å². The summed E-state index contributed by atoms with van der Waals surface area (Å²) in [5.74, 6) is 0.575. The van der Waals surface area contributed by atoms with Gasteiger partial charge in [-0.05, 0) is 54.3 Å². The third kappa shape index (κ3) is 6.38. The highest BCUT2D eigenvalue weighted by Gasteiger charge is 2.23. The number of carbonyl (C=O) groups is 1. The van der Waals surface area contributed by atoms with Gasteiger partial charge in [-0.3, -0.25) is 4.79 Å². The Morgan fingerprint density at radius 2 is 1.77 bits per heavy atom. The summed E-state index contributed by atoms with van der Waals surface area (Å²) in [6.45, 7) is 2.77. The Balaban J connectivity index is 0.00000169. The summed E-state index contributed by atoms with van der Waals surface area (Å²) in [6, 6.07) is 15.9. The lowest BCUT2D eigenvalue weighted by atomic mass is 10.1. The maximum Gasteiger partial charge on any atom is 0.224 e. The minimum atomic E-state index is 0. The lowest BCUT2D eigenvalue weighted by molar-refractivity contribution is -0.120. The van der Waals surface area contributed by atoms with Gasteiger partial charge in [-0.1, -0.05) is 28.1 Å². The van der Waals surface area contributed by atoms with E-state index in [-0.39, 0.29) is 30.7 Å². The van der Waals surface area contributed by atoms with E-state index in [2.05, 4.69) is 50.4 Å². The molecule has 3 rings (SSSR count). The number of hydrogen-bond donors (Lipinski definition) is 2. The highest BCUT2D eigenvalue weighted by molar-refractivity contribution is 9.10. The molecule has 2 aromatic rings. The topological polar surface area (TPSA) is 58.4 Å². The zero-order valence-electron chi connectivity index (χ0n) is 14.4. The molecule has 1 heterocycles. The van der Waals surface area contributed by atoms with Gasteiger partial charge in [0.1, 0.15) is 0 Å². The molecule has 1 saturated heterocycles. The van der Waals surface area contributed by atoms with Gasteiger partial charge in [-0.2, -0.15) is 0 Å². The first kappa shape index (κ1) is 22.6. The highest BCUT2D eigenvalue weighted by atomic mass is 79.9. The van der Waals surface area contributed by atoms with Crippen LogP contribution >= 0.6 is 40.7 Å². The highest BCUT2D eigenvalue weighted by Crippen LogP contribution is 2.25. The smallest absolute Gasteiger partial charge is 0.224 e. The molecule has 1 fully saturated rings. The number of nitrogen functional groups attached to an aromatic ring is 1. The van der Waals surface area contributed by atoms with E-state index in [1.165, 1.54) is 5.69 Å². The van der Waals surface area contributed by atoms with Crippen molar-refractivity contribution < 1.29 is 4.79 Å². The van der Waals surface area contributed by atoms with Gasteiger partial charge in [0.05, 0.1) is 6.42 Å². The fourth-order valence-corrected chi connectivity index (χ4v) is 3.29. The summed E-state index contributed by atoms with van der Waals surface area (Å²) in [7, 11) is 0. The van der Waals surface area contributed by atoms with Crippen LogP contribution in [-0.2, 0) is 11.2 Å². The first-order valence-corrected chi connectivity index (χ1v) is 9.01. The Morgan fingerprint density at radius 3 is 2.42 bits per heavy atom. The van der Waals surface area contributed by atoms with Gasteiger partial charge < -0.3 is 16.0 Å². The molecule has 1 atom stereocenters. The third-order valence-electron chi connectivity index (χ3n) is 4.41. The second-order valence-electron chi connectivity index (χ2n) is 6.30. The zero-order chi connectivity index (χ0) is 16.9. The monoisotopic (exact) mass is 459 g/mol. The fraction of sp³-hybridized carbons (Fsp3) is 0.316. The molecule has 0 spiro atoms. The van der Waals surface area contributed by atoms with E-state index in [0.29, 0.717) is 12.3 Å². The second kappa shape index (κ2) is 10.7. The van der Waals surface area contributed by atoms with E-state index < -0.39 is 0 Å². The van der Waals surface area contributed by atoms with E-state index in [4.69, 9.17) is 5.73 Å². The van der Waals surface area contributed by atoms with Crippen LogP contribution in [-0.4, -0.2) is 25.5 Å². The Bertz CT molecular complexity index is 695. The van der Waals surface area contributed by atoms with Gasteiger partial charge >= 0.3 is 0 Å². The summed E-state index contributed by atoms with van der Waals surface area (Å²) in [4.78, 5) is 14.5. The normalized spacial score (nSPS) is 15.7. The molecule has 1 amide bonds. The Kier molecular flexibility index (Phi) is 9.27. The van der Waals surface area contributed by atoms with Crippen molar-refractivity contribution in [2.45, 2.75) is 12.8 Å². The number of nitrogens with two attached hydrogens (primary N) is 1. The molecule has 0 bridgehead atoms. The maximum atomic E-state index is 12.1. The van der Waals surface area contributed by atoms with Crippen molar-refractivity contribution in [1.29, 1.82) is 0 Å². The van der Waals surface area contributed by atoms with Crippen LogP contribution in [0.2, 0.25) is 0 Å². The quantitative estimate of drug-likeness (QED) is 0.661. The van der Waals surface area contributed by atoms with Crippen molar-refractivity contribution in [2.24, 2.45) is 5.92 Å². The lowest BCUT2D eigenvalue weighted by Crippen LogP contribution is -2.32. The molecule has 0 aliphatic carbocycles. The van der Waals surface area contributed by atoms with E-state index >= 15 is 0 Å². The molecule has 1 aliphatic heterocycles. The minimum absolute atomic E-state index is 0. The number of benzene rings is 2. The average molecular weight is 461 g/mol. The van der Waals surface area contributed by atoms with Crippen LogP contribution in [0.4, 0.5) is 11.4 Å². The number of rotatable bonds is 5. The van der Waals surface area contributed by atoms with E-state index in [1.54, 1.807) is 0 Å². The number of hydrogen-bond acceptors (Lipinski definition) is 3. The van der Waals surface area contributed by atoms with Crippen molar-refractivity contribution in [3.8, 4) is 0 Å². The van der Waals surface area contributed by atoms with Crippen LogP contribution in [0.5, 0.6) is 0 Å². The molecule has 2 aromatic carbocycles. The molecule has 1 aliphatic rings. The molecule has 7 heteroatoms. The molecule has 0 aromatic heterocycles. The van der Waals surface area contributed by atoms with Gasteiger partial charge in [0.2, 0.25) is 5.91 Å². The first-order valence-electron chi connectivity index (χ1n) is 8.22. The summed E-state index contributed by atoms with van der Waals surface area (Å²) in [6.07, 6.45) is 1.52. The second-order valence-corrected chi connectivity index (χ2v) is 7.22. The van der Waals surface area contributed by atoms with Gasteiger partial charge in [0, 0.05) is 35.5 Å². The van der Waals surface area contributed by atoms with Crippen LogP contribution in [0.3, 0.4) is 0 Å². The largest absolute Gasteiger partial charge is 0.399 e. The molecular weight excluding hydrogens is 437 g/mol. The van der Waals surface area contributed by atoms with Gasteiger partial charge in [-0.15, -0.1) is 24.8 Å². The standard InChI is InChI=1S/C19H22BrN3O.2ClH/c20-16-3-7-18(8-4-16)23-10-9-15(13-23)12-22-19(24)11-14-1-5-17(21)6-2-14;;/h1-8,15H,9-13,21H2,(H,22,24);2*1H. The number of amides is 1. The summed E-state index contributed by atoms with van der Waals surface area (Å²) in [5.41, 5.74) is 8.62. The summed E-state index contributed by atoms with van der Waals surface area (Å²) < 4.78 is 1.09. The Labute approximate surface area is 175 Å². The molecule has 0 saturated carbocycles. The van der Waals surface area contributed by atoms with Crippen LogP contribution < -0.4 is 16.0 Å². The number of nitrogens with one attached hydrogen (secondary N) is 1. The first-order chi connectivity index (χ1) is 11.6. The average Bonchev–Trinajstić information content (AvgIpc) is 3.05. The minimum Gasteiger partial charge on any atom is -0.399 e. The molecule has 142 valence electrons. The third-order valence-corrected chi connectivity index (χ3v) is 4.94. The van der Waals surface area contributed by atoms with E-state index in [1.807, 2.05) is 24.3 Å². The number of carbonyl (C=O) groups excluding carboxylic acids is 1. The number of halogens is 3. The summed E-state index contributed by atoms with van der Waals surface area (Å²) in [5, 5.41) is 3.06. The van der Waals surface area contributed by atoms with Crippen molar-refractivity contribution in [3.63, 3.8) is 0 Å². The molecule has 1 unspecified atom stereocenters. The molecular formula is C19H24BrCl2N3O. The molecule has 3 N–H and O–H groups in total. The SMILES string of the molecule is Cl.Cl.Nc1ccc(CC(=O)NCC2CCN(c3ccc(Br)cc3)C2)cc1. The maximum absolute atomic E-state index is 12.1. The number of anilines is 2. The Morgan fingerprint density at radius 1 is 1.12 bits per heavy atom. The fourth-order valence-electron chi connectivity index (χ4n) is 3.03. The predicted molar refractivity (Wildman–Crippen MR) is 117 cm³/mol. The van der Waals surface area contributed by atoms with E-state index in [0.717, 1.165) is 41.8 Å². The zero-order valence-corrected chi connectivity index (χ0v) is 17.6. The van der Waals surface area contributed by atoms with Crippen LogP contribution in [0.15, 0.2) is 53.0 Å². The van der Waals surface area contributed by atoms with Gasteiger partial charge in [0.25, 0.3) is 0 Å². The van der Waals surface area contributed by atoms with Gasteiger partial charge in [-0.25, -0.2) is 0 Å². The van der Waals surface area contributed by atoms with Crippen molar-refractivity contribution in [1.82, 2.24) is 5.32 Å². The van der Waals surface area contributed by atoms with Crippen LogP contribution in [0, 0.1) is 5.92 Å². The number of nitrogens with zero attached hydrogens (tertiary/aromatic N) is 1. The summed E-state index contributed by atoms with van der Waals surface area (Å²) >= 11 is 3.46. The van der Waals surface area contributed by atoms with Crippen molar-refractivity contribution in [2.75, 3.05) is 30.3 Å². The Hall–Kier alpha value is -1.43. The van der Waals surface area contributed by atoms with Crippen LogP contribution in [0.25, 0.3) is 0 Å².